The number of aldehydes is 1. The van der Waals surface area contributed by atoms with Crippen LogP contribution in [0.5, 0.6) is 0 Å². The van der Waals surface area contributed by atoms with E-state index in [1.54, 1.807) is 0 Å². The topological polar surface area (TPSA) is 56.5 Å². The minimum atomic E-state index is -0.591. The fourth-order valence-electron chi connectivity index (χ4n) is 0.731. The number of furan rings is 1. The summed E-state index contributed by atoms with van der Waals surface area (Å²) >= 11 is 2.99. The number of methoxy groups -OCH3 is 1. The Hall–Kier alpha value is -1.10. The van der Waals surface area contributed by atoms with Crippen molar-refractivity contribution >= 4 is 28.2 Å². The van der Waals surface area contributed by atoms with Gasteiger partial charge in [0.05, 0.1) is 7.11 Å². The minimum Gasteiger partial charge on any atom is -0.465 e. The molecule has 0 radical (unpaired) electrons. The van der Waals surface area contributed by atoms with Crippen molar-refractivity contribution in [1.29, 1.82) is 0 Å². The molecule has 1 aromatic heterocycles. The molecule has 0 saturated carbocycles. The number of carbonyl (C=O) groups is 2. The Morgan fingerprint density at radius 3 is 2.92 bits per heavy atom. The first kappa shape index (κ1) is 8.99. The molecular formula is C7H5BrO4. The SMILES string of the molecule is COC(=O)c1cc(Br)oc1C=O. The molecule has 0 amide bonds. The summed E-state index contributed by atoms with van der Waals surface area (Å²) in [5.74, 6) is -0.625. The fraction of sp³-hybridized carbons (Fsp3) is 0.143. The van der Waals surface area contributed by atoms with E-state index in [-0.39, 0.29) is 11.3 Å². The zero-order valence-corrected chi connectivity index (χ0v) is 7.75. The van der Waals surface area contributed by atoms with Gasteiger partial charge in [0.2, 0.25) is 0 Å². The lowest BCUT2D eigenvalue weighted by atomic mass is 10.3. The first-order valence-corrected chi connectivity index (χ1v) is 3.81. The van der Waals surface area contributed by atoms with Gasteiger partial charge in [-0.3, -0.25) is 4.79 Å². The third kappa shape index (κ3) is 1.55. The number of carbonyl (C=O) groups excluding carboxylic acids is 2. The average molecular weight is 233 g/mol. The molecule has 0 aliphatic carbocycles. The highest BCUT2D eigenvalue weighted by molar-refractivity contribution is 9.10. The molecule has 1 heterocycles. The molecule has 12 heavy (non-hydrogen) atoms. The summed E-state index contributed by atoms with van der Waals surface area (Å²) in [7, 11) is 1.23. The van der Waals surface area contributed by atoms with E-state index in [0.29, 0.717) is 11.0 Å². The molecule has 0 fully saturated rings. The number of esters is 1. The van der Waals surface area contributed by atoms with Gasteiger partial charge in [-0.15, -0.1) is 0 Å². The minimum absolute atomic E-state index is 0.0336. The van der Waals surface area contributed by atoms with Crippen LogP contribution >= 0.6 is 15.9 Å². The van der Waals surface area contributed by atoms with Crippen LogP contribution in [-0.2, 0) is 4.74 Å². The molecule has 0 bridgehead atoms. The van der Waals surface area contributed by atoms with Gasteiger partial charge >= 0.3 is 5.97 Å². The highest BCUT2D eigenvalue weighted by atomic mass is 79.9. The van der Waals surface area contributed by atoms with Gasteiger partial charge < -0.3 is 9.15 Å². The maximum Gasteiger partial charge on any atom is 0.341 e. The van der Waals surface area contributed by atoms with Crippen LogP contribution < -0.4 is 0 Å². The van der Waals surface area contributed by atoms with Gasteiger partial charge in [-0.2, -0.15) is 0 Å². The summed E-state index contributed by atoms with van der Waals surface area (Å²) in [5, 5.41) is 0. The largest absolute Gasteiger partial charge is 0.465 e. The van der Waals surface area contributed by atoms with Crippen LogP contribution in [0.15, 0.2) is 15.2 Å². The Morgan fingerprint density at radius 2 is 2.42 bits per heavy atom. The standard InChI is InChI=1S/C7H5BrO4/c1-11-7(10)4-2-6(8)12-5(4)3-9/h2-3H,1H3. The van der Waals surface area contributed by atoms with Gasteiger partial charge in [0.25, 0.3) is 0 Å². The van der Waals surface area contributed by atoms with E-state index in [9.17, 15) is 9.59 Å². The van der Waals surface area contributed by atoms with Crippen molar-refractivity contribution in [2.24, 2.45) is 0 Å². The molecule has 0 aromatic carbocycles. The third-order valence-corrected chi connectivity index (χ3v) is 1.63. The molecule has 0 spiro atoms. The molecule has 0 saturated heterocycles. The molecule has 5 heteroatoms. The van der Waals surface area contributed by atoms with Crippen LogP contribution in [0.3, 0.4) is 0 Å². The maximum absolute atomic E-state index is 10.9. The van der Waals surface area contributed by atoms with Gasteiger partial charge in [-0.1, -0.05) is 0 Å². The van der Waals surface area contributed by atoms with Crippen molar-refractivity contribution < 1.29 is 18.7 Å². The Morgan fingerprint density at radius 1 is 1.75 bits per heavy atom. The summed E-state index contributed by atoms with van der Waals surface area (Å²) in [6.07, 6.45) is 0.455. The zero-order valence-electron chi connectivity index (χ0n) is 6.17. The van der Waals surface area contributed by atoms with E-state index in [2.05, 4.69) is 20.7 Å². The van der Waals surface area contributed by atoms with Crippen molar-refractivity contribution in [2.75, 3.05) is 7.11 Å². The van der Waals surface area contributed by atoms with E-state index >= 15 is 0 Å². The van der Waals surface area contributed by atoms with Crippen LogP contribution in [0.1, 0.15) is 20.9 Å². The highest BCUT2D eigenvalue weighted by Crippen LogP contribution is 2.19. The summed E-state index contributed by atoms with van der Waals surface area (Å²) in [6, 6.07) is 1.38. The molecule has 0 N–H and O–H groups in total. The quantitative estimate of drug-likeness (QED) is 0.575. The van der Waals surface area contributed by atoms with E-state index in [1.807, 2.05) is 0 Å². The number of ether oxygens (including phenoxy) is 1. The van der Waals surface area contributed by atoms with Gasteiger partial charge in [0.1, 0.15) is 5.56 Å². The lowest BCUT2D eigenvalue weighted by Gasteiger charge is -1.92. The second-order valence-corrected chi connectivity index (χ2v) is 2.72. The predicted molar refractivity (Wildman–Crippen MR) is 43.1 cm³/mol. The summed E-state index contributed by atoms with van der Waals surface area (Å²) in [4.78, 5) is 21.3. The Bertz CT molecular complexity index is 315. The first-order chi connectivity index (χ1) is 5.69. The highest BCUT2D eigenvalue weighted by Gasteiger charge is 2.16. The summed E-state index contributed by atoms with van der Waals surface area (Å²) < 4.78 is 9.57. The van der Waals surface area contributed by atoms with Crippen molar-refractivity contribution in [1.82, 2.24) is 0 Å². The maximum atomic E-state index is 10.9. The molecule has 0 aliphatic rings. The number of hydrogen-bond donors (Lipinski definition) is 0. The normalized spacial score (nSPS) is 9.50. The number of rotatable bonds is 2. The molecule has 1 rings (SSSR count). The molecule has 1 aromatic rings. The molecule has 0 aliphatic heterocycles. The van der Waals surface area contributed by atoms with Crippen LogP contribution in [0.2, 0.25) is 0 Å². The third-order valence-electron chi connectivity index (χ3n) is 1.24. The predicted octanol–water partition coefficient (Wildman–Crippen LogP) is 1.64. The van der Waals surface area contributed by atoms with E-state index in [4.69, 9.17) is 4.42 Å². The fourth-order valence-corrected chi connectivity index (χ4v) is 1.13. The molecule has 0 unspecified atom stereocenters. The molecule has 64 valence electrons. The number of hydrogen-bond acceptors (Lipinski definition) is 4. The van der Waals surface area contributed by atoms with Gasteiger partial charge in [0, 0.05) is 6.07 Å². The molecule has 0 atom stereocenters. The Kier molecular flexibility index (Phi) is 2.65. The van der Waals surface area contributed by atoms with E-state index < -0.39 is 5.97 Å². The van der Waals surface area contributed by atoms with Crippen molar-refractivity contribution in [2.45, 2.75) is 0 Å². The lowest BCUT2D eigenvalue weighted by Crippen LogP contribution is -2.01. The van der Waals surface area contributed by atoms with Crippen LogP contribution in [-0.4, -0.2) is 19.4 Å². The van der Waals surface area contributed by atoms with Crippen LogP contribution in [0.4, 0.5) is 0 Å². The second kappa shape index (κ2) is 3.53. The lowest BCUT2D eigenvalue weighted by molar-refractivity contribution is 0.0597. The smallest absolute Gasteiger partial charge is 0.341 e. The van der Waals surface area contributed by atoms with Gasteiger partial charge in [0.15, 0.2) is 16.7 Å². The van der Waals surface area contributed by atoms with E-state index in [0.717, 1.165) is 0 Å². The monoisotopic (exact) mass is 232 g/mol. The Balaban J connectivity index is 3.12. The zero-order chi connectivity index (χ0) is 9.14. The van der Waals surface area contributed by atoms with Gasteiger partial charge in [-0.25, -0.2) is 4.79 Å². The summed E-state index contributed by atoms with van der Waals surface area (Å²) in [5.41, 5.74) is 0.124. The van der Waals surface area contributed by atoms with Crippen molar-refractivity contribution in [3.8, 4) is 0 Å². The second-order valence-electron chi connectivity index (χ2n) is 1.94. The van der Waals surface area contributed by atoms with Crippen LogP contribution in [0, 0.1) is 0 Å². The van der Waals surface area contributed by atoms with Crippen molar-refractivity contribution in [3.63, 3.8) is 0 Å². The van der Waals surface area contributed by atoms with E-state index in [1.165, 1.54) is 13.2 Å². The number of halogens is 1. The molecular weight excluding hydrogens is 228 g/mol. The van der Waals surface area contributed by atoms with Crippen molar-refractivity contribution in [3.05, 3.63) is 22.1 Å². The Labute approximate surface area is 76.6 Å². The first-order valence-electron chi connectivity index (χ1n) is 3.02. The van der Waals surface area contributed by atoms with Crippen LogP contribution in [0.25, 0.3) is 0 Å². The summed E-state index contributed by atoms with van der Waals surface area (Å²) in [6.45, 7) is 0. The van der Waals surface area contributed by atoms with Gasteiger partial charge in [-0.05, 0) is 15.9 Å². The molecule has 4 nitrogen and oxygen atoms in total. The average Bonchev–Trinajstić information content (AvgIpc) is 2.45.